The van der Waals surface area contributed by atoms with E-state index >= 15 is 0 Å². The number of carbonyl (C=O) groups is 2. The zero-order valence-corrected chi connectivity index (χ0v) is 19.0. The summed E-state index contributed by atoms with van der Waals surface area (Å²) < 4.78 is 32.5. The van der Waals surface area contributed by atoms with Gasteiger partial charge in [0.1, 0.15) is 0 Å². The number of nitrogens with zero attached hydrogens (tertiary/aromatic N) is 2. The first kappa shape index (κ1) is 24.1. The standard InChI is InChI=1S/C21H33N3O5S/c1-4-23(5-2)19-11-10-17(30(27,28)24-14-8-7-9-15-24)16-18(19)22-20(25)12-13-21(26)29-6-3/h10-11,16H,4-9,12-15H2,1-3H3,(H,22,25). The molecule has 1 N–H and O–H groups in total. The lowest BCUT2D eigenvalue weighted by Gasteiger charge is -2.28. The third-order valence-corrected chi connectivity index (χ3v) is 7.06. The van der Waals surface area contributed by atoms with Crippen molar-refractivity contribution in [2.45, 2.75) is 57.8 Å². The molecule has 1 aromatic rings. The van der Waals surface area contributed by atoms with Crippen molar-refractivity contribution in [1.29, 1.82) is 0 Å². The van der Waals surface area contributed by atoms with Gasteiger partial charge in [-0.25, -0.2) is 8.42 Å². The Morgan fingerprint density at radius 1 is 1.07 bits per heavy atom. The highest BCUT2D eigenvalue weighted by molar-refractivity contribution is 7.89. The van der Waals surface area contributed by atoms with Crippen molar-refractivity contribution in [2.75, 3.05) is 43.0 Å². The van der Waals surface area contributed by atoms with Crippen LogP contribution < -0.4 is 10.2 Å². The van der Waals surface area contributed by atoms with E-state index in [0.717, 1.165) is 24.9 Å². The molecule has 0 aromatic heterocycles. The fourth-order valence-corrected chi connectivity index (χ4v) is 5.08. The Morgan fingerprint density at radius 2 is 1.73 bits per heavy atom. The van der Waals surface area contributed by atoms with E-state index in [1.165, 1.54) is 10.4 Å². The molecular weight excluding hydrogens is 406 g/mol. The summed E-state index contributed by atoms with van der Waals surface area (Å²) in [7, 11) is -3.62. The highest BCUT2D eigenvalue weighted by atomic mass is 32.2. The van der Waals surface area contributed by atoms with Crippen LogP contribution in [0.25, 0.3) is 0 Å². The van der Waals surface area contributed by atoms with E-state index < -0.39 is 16.0 Å². The molecule has 0 atom stereocenters. The number of carbonyl (C=O) groups excluding carboxylic acids is 2. The minimum absolute atomic E-state index is 0.0218. The molecule has 1 heterocycles. The van der Waals surface area contributed by atoms with Crippen LogP contribution in [0.5, 0.6) is 0 Å². The Balaban J connectivity index is 2.28. The van der Waals surface area contributed by atoms with Gasteiger partial charge in [-0.05, 0) is 51.8 Å². The number of sulfonamides is 1. The fraction of sp³-hybridized carbons (Fsp3) is 0.619. The molecule has 0 saturated carbocycles. The van der Waals surface area contributed by atoms with Crippen molar-refractivity contribution in [1.82, 2.24) is 4.31 Å². The molecule has 1 amide bonds. The van der Waals surface area contributed by atoms with E-state index in [4.69, 9.17) is 4.74 Å². The van der Waals surface area contributed by atoms with Crippen LogP contribution in [0.15, 0.2) is 23.1 Å². The Bertz CT molecular complexity index is 831. The van der Waals surface area contributed by atoms with Crippen molar-refractivity contribution in [2.24, 2.45) is 0 Å². The van der Waals surface area contributed by atoms with Crippen molar-refractivity contribution < 1.29 is 22.7 Å². The quantitative estimate of drug-likeness (QED) is 0.563. The van der Waals surface area contributed by atoms with Crippen molar-refractivity contribution in [3.05, 3.63) is 18.2 Å². The van der Waals surface area contributed by atoms with Gasteiger partial charge in [-0.15, -0.1) is 0 Å². The number of anilines is 2. The van der Waals surface area contributed by atoms with Crippen LogP contribution in [0.3, 0.4) is 0 Å². The maximum atomic E-state index is 13.1. The third kappa shape index (κ3) is 6.18. The average molecular weight is 440 g/mol. The lowest BCUT2D eigenvalue weighted by Crippen LogP contribution is -2.35. The SMILES string of the molecule is CCOC(=O)CCC(=O)Nc1cc(S(=O)(=O)N2CCCCC2)ccc1N(CC)CC. The number of nitrogens with one attached hydrogen (secondary N) is 1. The molecule has 168 valence electrons. The van der Waals surface area contributed by atoms with E-state index in [0.29, 0.717) is 31.9 Å². The maximum absolute atomic E-state index is 13.1. The highest BCUT2D eigenvalue weighted by Gasteiger charge is 2.27. The van der Waals surface area contributed by atoms with E-state index in [9.17, 15) is 18.0 Å². The lowest BCUT2D eigenvalue weighted by molar-refractivity contribution is -0.144. The number of hydrogen-bond donors (Lipinski definition) is 1. The topological polar surface area (TPSA) is 96.0 Å². The number of benzene rings is 1. The summed E-state index contributed by atoms with van der Waals surface area (Å²) in [6, 6.07) is 4.87. The Kier molecular flexibility index (Phi) is 9.10. The largest absolute Gasteiger partial charge is 0.466 e. The summed E-state index contributed by atoms with van der Waals surface area (Å²) in [5, 5.41) is 2.80. The summed E-state index contributed by atoms with van der Waals surface area (Å²) in [6.07, 6.45) is 2.70. The lowest BCUT2D eigenvalue weighted by atomic mass is 10.2. The van der Waals surface area contributed by atoms with Gasteiger partial charge in [0.15, 0.2) is 0 Å². The van der Waals surface area contributed by atoms with Gasteiger partial charge in [0.25, 0.3) is 0 Å². The van der Waals surface area contributed by atoms with Gasteiger partial charge >= 0.3 is 5.97 Å². The zero-order chi connectivity index (χ0) is 22.1. The molecule has 30 heavy (non-hydrogen) atoms. The van der Waals surface area contributed by atoms with Crippen molar-refractivity contribution in [3.8, 4) is 0 Å². The van der Waals surface area contributed by atoms with E-state index in [1.54, 1.807) is 19.1 Å². The Labute approximate surface area is 179 Å². The minimum Gasteiger partial charge on any atom is -0.466 e. The fourth-order valence-electron chi connectivity index (χ4n) is 3.53. The van der Waals surface area contributed by atoms with Crippen molar-refractivity contribution in [3.63, 3.8) is 0 Å². The third-order valence-electron chi connectivity index (χ3n) is 5.16. The van der Waals surface area contributed by atoms with E-state index in [-0.39, 0.29) is 30.3 Å². The Hall–Kier alpha value is -2.13. The van der Waals surface area contributed by atoms with E-state index in [1.807, 2.05) is 18.7 Å². The first-order chi connectivity index (χ1) is 14.3. The molecular formula is C21H33N3O5S. The van der Waals surface area contributed by atoms with Gasteiger partial charge in [-0.2, -0.15) is 4.31 Å². The molecule has 1 aliphatic rings. The van der Waals surface area contributed by atoms with Crippen LogP contribution in [-0.4, -0.2) is 57.4 Å². The molecule has 1 aromatic carbocycles. The van der Waals surface area contributed by atoms with Gasteiger partial charge in [0.05, 0.1) is 29.3 Å². The summed E-state index contributed by atoms with van der Waals surface area (Å²) in [5.41, 5.74) is 1.19. The summed E-state index contributed by atoms with van der Waals surface area (Å²) in [4.78, 5) is 26.2. The van der Waals surface area contributed by atoms with Gasteiger partial charge in [0.2, 0.25) is 15.9 Å². The normalized spacial score (nSPS) is 14.9. The van der Waals surface area contributed by atoms with Crippen LogP contribution >= 0.6 is 0 Å². The van der Waals surface area contributed by atoms with Crippen LogP contribution in [0.4, 0.5) is 11.4 Å². The molecule has 0 radical (unpaired) electrons. The van der Waals surface area contributed by atoms with Crippen molar-refractivity contribution >= 4 is 33.3 Å². The summed E-state index contributed by atoms with van der Waals surface area (Å²) >= 11 is 0. The van der Waals surface area contributed by atoms with Crippen LogP contribution in [0, 0.1) is 0 Å². The zero-order valence-electron chi connectivity index (χ0n) is 18.1. The predicted octanol–water partition coefficient (Wildman–Crippen LogP) is 2.99. The van der Waals surface area contributed by atoms with Gasteiger partial charge < -0.3 is 15.0 Å². The molecule has 0 bridgehead atoms. The Morgan fingerprint density at radius 3 is 2.33 bits per heavy atom. The van der Waals surface area contributed by atoms with Gasteiger partial charge in [0, 0.05) is 32.6 Å². The monoisotopic (exact) mass is 439 g/mol. The number of rotatable bonds is 10. The molecule has 0 aliphatic carbocycles. The number of ether oxygens (including phenoxy) is 1. The first-order valence-corrected chi connectivity index (χ1v) is 12.1. The summed E-state index contributed by atoms with van der Waals surface area (Å²) in [6.45, 7) is 8.41. The first-order valence-electron chi connectivity index (χ1n) is 10.7. The molecule has 8 nitrogen and oxygen atoms in total. The second-order valence-corrected chi connectivity index (χ2v) is 9.11. The second-order valence-electron chi connectivity index (χ2n) is 7.17. The second kappa shape index (κ2) is 11.3. The molecule has 0 unspecified atom stereocenters. The molecule has 2 rings (SSSR count). The minimum atomic E-state index is -3.62. The maximum Gasteiger partial charge on any atom is 0.306 e. The number of esters is 1. The molecule has 1 aliphatic heterocycles. The van der Waals surface area contributed by atoms with Crippen LogP contribution in [-0.2, 0) is 24.3 Å². The number of amides is 1. The predicted molar refractivity (Wildman–Crippen MR) is 117 cm³/mol. The van der Waals surface area contributed by atoms with Crippen LogP contribution in [0.1, 0.15) is 52.9 Å². The van der Waals surface area contributed by atoms with Crippen LogP contribution in [0.2, 0.25) is 0 Å². The van der Waals surface area contributed by atoms with E-state index in [2.05, 4.69) is 5.32 Å². The smallest absolute Gasteiger partial charge is 0.306 e. The average Bonchev–Trinajstić information content (AvgIpc) is 2.75. The van der Waals surface area contributed by atoms with Gasteiger partial charge in [-0.1, -0.05) is 6.42 Å². The molecule has 9 heteroatoms. The molecule has 1 saturated heterocycles. The summed E-state index contributed by atoms with van der Waals surface area (Å²) in [5.74, 6) is -0.790. The highest BCUT2D eigenvalue weighted by Crippen LogP contribution is 2.31. The van der Waals surface area contributed by atoms with Gasteiger partial charge in [-0.3, -0.25) is 9.59 Å². The molecule has 1 fully saturated rings. The number of hydrogen-bond acceptors (Lipinski definition) is 6. The number of piperidine rings is 1. The molecule has 0 spiro atoms.